The van der Waals surface area contributed by atoms with Gasteiger partial charge in [-0.05, 0) is 61.6 Å². The molecular formula is C23H22F3NO2. The van der Waals surface area contributed by atoms with Crippen molar-refractivity contribution in [3.05, 3.63) is 78.6 Å². The quantitative estimate of drug-likeness (QED) is 0.435. The Labute approximate surface area is 168 Å². The van der Waals surface area contributed by atoms with E-state index in [1.165, 1.54) is 17.7 Å². The first-order valence-corrected chi connectivity index (χ1v) is 9.41. The molecule has 0 fully saturated rings. The first-order chi connectivity index (χ1) is 13.9. The van der Waals surface area contributed by atoms with Crippen molar-refractivity contribution in [2.45, 2.75) is 38.7 Å². The van der Waals surface area contributed by atoms with Crippen LogP contribution < -0.4 is 9.47 Å². The highest BCUT2D eigenvalue weighted by molar-refractivity contribution is 5.70. The molecule has 0 aliphatic heterocycles. The molecule has 3 aromatic rings. The lowest BCUT2D eigenvalue weighted by Gasteiger charge is -2.16. The molecule has 1 atom stereocenters. The van der Waals surface area contributed by atoms with Crippen LogP contribution in [0.25, 0.3) is 11.1 Å². The maximum Gasteiger partial charge on any atom is 0.573 e. The molecule has 3 nitrogen and oxygen atoms in total. The van der Waals surface area contributed by atoms with Gasteiger partial charge in [0, 0.05) is 18.0 Å². The lowest BCUT2D eigenvalue weighted by Crippen LogP contribution is -2.17. The summed E-state index contributed by atoms with van der Waals surface area (Å²) in [5.74, 6) is 0.453. The van der Waals surface area contributed by atoms with Gasteiger partial charge in [0.15, 0.2) is 0 Å². The number of aromatic nitrogens is 1. The number of halogens is 3. The van der Waals surface area contributed by atoms with E-state index >= 15 is 0 Å². The molecule has 6 heteroatoms. The number of alkyl halides is 3. The summed E-state index contributed by atoms with van der Waals surface area (Å²) < 4.78 is 47.9. The van der Waals surface area contributed by atoms with E-state index in [4.69, 9.17) is 4.74 Å². The SMILES string of the molecule is C[C@@H](CCCc1cccnc1)Oc1ccc(-c2ccccc2OC(F)(F)F)cc1. The molecule has 2 aromatic carbocycles. The second-order valence-electron chi connectivity index (χ2n) is 6.75. The smallest absolute Gasteiger partial charge is 0.491 e. The number of ether oxygens (including phenoxy) is 2. The molecule has 0 radical (unpaired) electrons. The van der Waals surface area contributed by atoms with Gasteiger partial charge in [-0.2, -0.15) is 0 Å². The van der Waals surface area contributed by atoms with Crippen LogP contribution in [0.3, 0.4) is 0 Å². The average Bonchev–Trinajstić information content (AvgIpc) is 2.69. The van der Waals surface area contributed by atoms with E-state index in [9.17, 15) is 13.2 Å². The molecule has 1 aromatic heterocycles. The molecule has 1 heterocycles. The van der Waals surface area contributed by atoms with Gasteiger partial charge in [-0.3, -0.25) is 4.98 Å². The highest BCUT2D eigenvalue weighted by atomic mass is 19.4. The van der Waals surface area contributed by atoms with Crippen molar-refractivity contribution in [2.75, 3.05) is 0 Å². The Kier molecular flexibility index (Phi) is 6.75. The number of nitrogens with zero attached hydrogens (tertiary/aromatic N) is 1. The van der Waals surface area contributed by atoms with Crippen LogP contribution >= 0.6 is 0 Å². The summed E-state index contributed by atoms with van der Waals surface area (Å²) in [6.45, 7) is 2.00. The Morgan fingerprint density at radius 3 is 2.41 bits per heavy atom. The fourth-order valence-corrected chi connectivity index (χ4v) is 3.06. The van der Waals surface area contributed by atoms with Crippen molar-refractivity contribution in [1.29, 1.82) is 0 Å². The molecule has 0 saturated carbocycles. The maximum absolute atomic E-state index is 12.6. The third-order valence-corrected chi connectivity index (χ3v) is 4.41. The number of benzene rings is 2. The number of pyridine rings is 1. The third kappa shape index (κ3) is 6.52. The van der Waals surface area contributed by atoms with Crippen molar-refractivity contribution >= 4 is 0 Å². The molecule has 0 aliphatic rings. The summed E-state index contributed by atoms with van der Waals surface area (Å²) >= 11 is 0. The van der Waals surface area contributed by atoms with Crippen molar-refractivity contribution < 1.29 is 22.6 Å². The summed E-state index contributed by atoms with van der Waals surface area (Å²) in [7, 11) is 0. The zero-order valence-corrected chi connectivity index (χ0v) is 16.0. The van der Waals surface area contributed by atoms with Gasteiger partial charge in [0.05, 0.1) is 6.10 Å². The second kappa shape index (κ2) is 9.45. The van der Waals surface area contributed by atoms with Crippen LogP contribution in [0.1, 0.15) is 25.3 Å². The lowest BCUT2D eigenvalue weighted by molar-refractivity contribution is -0.274. The second-order valence-corrected chi connectivity index (χ2v) is 6.75. The van der Waals surface area contributed by atoms with E-state index in [0.717, 1.165) is 19.3 Å². The molecule has 0 aliphatic carbocycles. The van der Waals surface area contributed by atoms with Crippen molar-refractivity contribution in [2.24, 2.45) is 0 Å². The zero-order chi connectivity index (χ0) is 20.7. The summed E-state index contributed by atoms with van der Waals surface area (Å²) in [6, 6.07) is 17.0. The minimum Gasteiger partial charge on any atom is -0.491 e. The molecule has 0 N–H and O–H groups in total. The van der Waals surface area contributed by atoms with Crippen LogP contribution in [0.5, 0.6) is 11.5 Å². The maximum atomic E-state index is 12.6. The van der Waals surface area contributed by atoms with E-state index in [2.05, 4.69) is 15.8 Å². The van der Waals surface area contributed by atoms with Crippen LogP contribution in [0.4, 0.5) is 13.2 Å². The normalized spacial score (nSPS) is 12.4. The summed E-state index contributed by atoms with van der Waals surface area (Å²) in [6.07, 6.45) is 1.72. The average molecular weight is 401 g/mol. The van der Waals surface area contributed by atoms with E-state index in [1.807, 2.05) is 19.2 Å². The summed E-state index contributed by atoms with van der Waals surface area (Å²) in [5, 5.41) is 0. The Balaban J connectivity index is 1.58. The van der Waals surface area contributed by atoms with E-state index in [-0.39, 0.29) is 11.9 Å². The van der Waals surface area contributed by atoms with Crippen LogP contribution in [-0.4, -0.2) is 17.5 Å². The van der Waals surface area contributed by atoms with Gasteiger partial charge in [0.2, 0.25) is 0 Å². The predicted molar refractivity (Wildman–Crippen MR) is 106 cm³/mol. The first kappa shape index (κ1) is 20.7. The van der Waals surface area contributed by atoms with E-state index < -0.39 is 6.36 Å². The van der Waals surface area contributed by atoms with Gasteiger partial charge in [-0.15, -0.1) is 13.2 Å². The van der Waals surface area contributed by atoms with Gasteiger partial charge < -0.3 is 9.47 Å². The Morgan fingerprint density at radius 2 is 1.72 bits per heavy atom. The van der Waals surface area contributed by atoms with Crippen molar-refractivity contribution in [1.82, 2.24) is 4.98 Å². The fraction of sp³-hybridized carbons (Fsp3) is 0.261. The summed E-state index contributed by atoms with van der Waals surface area (Å²) in [5.41, 5.74) is 2.20. The standard InChI is InChI=1S/C23H22F3NO2/c1-17(6-4-7-18-8-5-15-27-16-18)28-20-13-11-19(12-14-20)21-9-2-3-10-22(21)29-23(24,25)26/h2-3,5,8-17H,4,6-7H2,1H3/t17-/m0/s1. The molecule has 0 unspecified atom stereocenters. The van der Waals surface area contributed by atoms with Gasteiger partial charge in [-0.25, -0.2) is 0 Å². The van der Waals surface area contributed by atoms with E-state index in [0.29, 0.717) is 16.9 Å². The lowest BCUT2D eigenvalue weighted by atomic mass is 10.0. The van der Waals surface area contributed by atoms with Crippen LogP contribution in [0.2, 0.25) is 0 Å². The number of aryl methyl sites for hydroxylation is 1. The number of rotatable bonds is 8. The Bertz CT molecular complexity index is 896. The molecule has 0 bridgehead atoms. The largest absolute Gasteiger partial charge is 0.573 e. The van der Waals surface area contributed by atoms with Gasteiger partial charge in [0.25, 0.3) is 0 Å². The van der Waals surface area contributed by atoms with Crippen LogP contribution in [0, 0.1) is 0 Å². The first-order valence-electron chi connectivity index (χ1n) is 9.41. The topological polar surface area (TPSA) is 31.4 Å². The molecule has 0 saturated heterocycles. The van der Waals surface area contributed by atoms with E-state index in [1.54, 1.807) is 42.6 Å². The minimum absolute atomic E-state index is 0.0263. The zero-order valence-electron chi connectivity index (χ0n) is 16.0. The fourth-order valence-electron chi connectivity index (χ4n) is 3.06. The molecule has 0 amide bonds. The van der Waals surface area contributed by atoms with Crippen molar-refractivity contribution in [3.8, 4) is 22.6 Å². The number of hydrogen-bond acceptors (Lipinski definition) is 3. The Hall–Kier alpha value is -3.02. The van der Waals surface area contributed by atoms with Gasteiger partial charge in [0.1, 0.15) is 11.5 Å². The van der Waals surface area contributed by atoms with Crippen molar-refractivity contribution in [3.63, 3.8) is 0 Å². The summed E-state index contributed by atoms with van der Waals surface area (Å²) in [4.78, 5) is 4.11. The predicted octanol–water partition coefficient (Wildman–Crippen LogP) is 6.44. The minimum atomic E-state index is -4.73. The van der Waals surface area contributed by atoms with Crippen LogP contribution in [-0.2, 0) is 6.42 Å². The highest BCUT2D eigenvalue weighted by Crippen LogP contribution is 2.34. The molecule has 3 rings (SSSR count). The Morgan fingerprint density at radius 1 is 0.966 bits per heavy atom. The molecule has 0 spiro atoms. The molecular weight excluding hydrogens is 379 g/mol. The van der Waals surface area contributed by atoms with Gasteiger partial charge >= 0.3 is 6.36 Å². The highest BCUT2D eigenvalue weighted by Gasteiger charge is 2.32. The number of para-hydroxylation sites is 1. The third-order valence-electron chi connectivity index (χ3n) is 4.41. The molecule has 152 valence electrons. The number of hydrogen-bond donors (Lipinski definition) is 0. The monoisotopic (exact) mass is 401 g/mol. The molecule has 29 heavy (non-hydrogen) atoms. The van der Waals surface area contributed by atoms with Gasteiger partial charge in [-0.1, -0.05) is 36.4 Å². The van der Waals surface area contributed by atoms with Crippen LogP contribution in [0.15, 0.2) is 73.1 Å².